The molecule has 3 rings (SSSR count). The molecule has 0 bridgehead atoms. The SMILES string of the molecule is CCCCCCC(=O)N(CCC(C)C)C(C)c1nc2ccccc2c(=O)n1-c1cccc(C)c1. The molecule has 0 spiro atoms. The van der Waals surface area contributed by atoms with Crippen molar-refractivity contribution in [2.45, 2.75) is 79.2 Å². The van der Waals surface area contributed by atoms with Crippen LogP contribution in [-0.2, 0) is 4.79 Å². The van der Waals surface area contributed by atoms with Crippen LogP contribution >= 0.6 is 0 Å². The molecule has 1 aromatic heterocycles. The minimum Gasteiger partial charge on any atom is -0.333 e. The third kappa shape index (κ3) is 6.13. The van der Waals surface area contributed by atoms with Gasteiger partial charge in [-0.1, -0.05) is 64.3 Å². The number of nitrogens with zero attached hydrogens (tertiary/aromatic N) is 3. The molecule has 0 aliphatic heterocycles. The van der Waals surface area contributed by atoms with Crippen molar-refractivity contribution in [1.82, 2.24) is 14.5 Å². The normalized spacial score (nSPS) is 12.3. The summed E-state index contributed by atoms with van der Waals surface area (Å²) in [5.74, 6) is 1.23. The predicted molar refractivity (Wildman–Crippen MR) is 140 cm³/mol. The molecule has 5 heteroatoms. The van der Waals surface area contributed by atoms with Crippen molar-refractivity contribution in [2.75, 3.05) is 6.54 Å². The fourth-order valence-corrected chi connectivity index (χ4v) is 4.36. The van der Waals surface area contributed by atoms with Crippen molar-refractivity contribution in [1.29, 1.82) is 0 Å². The van der Waals surface area contributed by atoms with Gasteiger partial charge < -0.3 is 4.90 Å². The molecule has 0 saturated carbocycles. The van der Waals surface area contributed by atoms with Gasteiger partial charge in [-0.15, -0.1) is 0 Å². The van der Waals surface area contributed by atoms with Crippen LogP contribution in [0.2, 0.25) is 0 Å². The molecule has 1 amide bonds. The van der Waals surface area contributed by atoms with E-state index in [0.717, 1.165) is 43.4 Å². The van der Waals surface area contributed by atoms with Crippen LogP contribution in [0.4, 0.5) is 0 Å². The van der Waals surface area contributed by atoms with Gasteiger partial charge in [-0.25, -0.2) is 4.98 Å². The minimum absolute atomic E-state index is 0.0998. The van der Waals surface area contributed by atoms with E-state index in [4.69, 9.17) is 4.98 Å². The Morgan fingerprint density at radius 1 is 1.03 bits per heavy atom. The van der Waals surface area contributed by atoms with E-state index in [0.29, 0.717) is 35.6 Å². The van der Waals surface area contributed by atoms with E-state index in [1.165, 1.54) is 0 Å². The van der Waals surface area contributed by atoms with Gasteiger partial charge in [-0.05, 0) is 62.4 Å². The van der Waals surface area contributed by atoms with E-state index in [9.17, 15) is 9.59 Å². The van der Waals surface area contributed by atoms with Crippen LogP contribution in [0.15, 0.2) is 53.3 Å². The zero-order chi connectivity index (χ0) is 24.7. The van der Waals surface area contributed by atoms with Crippen molar-refractivity contribution < 1.29 is 4.79 Å². The highest BCUT2D eigenvalue weighted by molar-refractivity contribution is 5.79. The summed E-state index contributed by atoms with van der Waals surface area (Å²) in [7, 11) is 0. The van der Waals surface area contributed by atoms with Gasteiger partial charge in [-0.2, -0.15) is 0 Å². The molecule has 0 aliphatic carbocycles. The van der Waals surface area contributed by atoms with E-state index in [2.05, 4.69) is 20.8 Å². The maximum absolute atomic E-state index is 13.7. The van der Waals surface area contributed by atoms with Crippen LogP contribution in [0.1, 0.15) is 83.6 Å². The molecule has 1 heterocycles. The van der Waals surface area contributed by atoms with Gasteiger partial charge in [-0.3, -0.25) is 14.2 Å². The maximum Gasteiger partial charge on any atom is 0.266 e. The van der Waals surface area contributed by atoms with Crippen molar-refractivity contribution in [3.63, 3.8) is 0 Å². The second-order valence-electron chi connectivity index (χ2n) is 9.72. The summed E-state index contributed by atoms with van der Waals surface area (Å²) in [5.41, 5.74) is 2.42. The lowest BCUT2D eigenvalue weighted by Gasteiger charge is -2.31. The summed E-state index contributed by atoms with van der Waals surface area (Å²) in [6.07, 6.45) is 5.70. The van der Waals surface area contributed by atoms with Crippen LogP contribution in [-0.4, -0.2) is 26.9 Å². The molecular weight excluding hydrogens is 422 g/mol. The summed E-state index contributed by atoms with van der Waals surface area (Å²) < 4.78 is 1.70. The smallest absolute Gasteiger partial charge is 0.266 e. The fourth-order valence-electron chi connectivity index (χ4n) is 4.36. The van der Waals surface area contributed by atoms with Crippen molar-refractivity contribution in [3.8, 4) is 5.69 Å². The summed E-state index contributed by atoms with van der Waals surface area (Å²) in [4.78, 5) is 34.0. The largest absolute Gasteiger partial charge is 0.333 e. The average molecular weight is 462 g/mol. The average Bonchev–Trinajstić information content (AvgIpc) is 2.81. The predicted octanol–water partition coefficient (Wildman–Crippen LogP) is 6.60. The zero-order valence-electron chi connectivity index (χ0n) is 21.4. The molecular formula is C29H39N3O2. The molecule has 0 radical (unpaired) electrons. The number of fused-ring (bicyclic) bond motifs is 1. The van der Waals surface area contributed by atoms with Gasteiger partial charge >= 0.3 is 0 Å². The molecule has 0 N–H and O–H groups in total. The Morgan fingerprint density at radius 2 is 1.79 bits per heavy atom. The van der Waals surface area contributed by atoms with Gasteiger partial charge in [0.05, 0.1) is 22.6 Å². The first-order valence-corrected chi connectivity index (χ1v) is 12.7. The van der Waals surface area contributed by atoms with E-state index >= 15 is 0 Å². The van der Waals surface area contributed by atoms with Crippen molar-refractivity contribution >= 4 is 16.8 Å². The molecule has 2 aromatic carbocycles. The third-order valence-corrected chi connectivity index (χ3v) is 6.41. The number of aryl methyl sites for hydroxylation is 1. The van der Waals surface area contributed by atoms with Crippen molar-refractivity contribution in [3.05, 3.63) is 70.3 Å². The summed E-state index contributed by atoms with van der Waals surface area (Å²) in [5, 5.41) is 0.583. The summed E-state index contributed by atoms with van der Waals surface area (Å²) >= 11 is 0. The number of carbonyl (C=O) groups is 1. The molecule has 0 aliphatic rings. The maximum atomic E-state index is 13.7. The van der Waals surface area contributed by atoms with Crippen LogP contribution < -0.4 is 5.56 Å². The topological polar surface area (TPSA) is 55.2 Å². The number of hydrogen-bond donors (Lipinski definition) is 0. The molecule has 0 saturated heterocycles. The van der Waals surface area contributed by atoms with Crippen LogP contribution in [0.25, 0.3) is 16.6 Å². The highest BCUT2D eigenvalue weighted by Gasteiger charge is 2.26. The van der Waals surface area contributed by atoms with E-state index in [-0.39, 0.29) is 17.5 Å². The minimum atomic E-state index is -0.324. The number of benzene rings is 2. The zero-order valence-corrected chi connectivity index (χ0v) is 21.4. The summed E-state index contributed by atoms with van der Waals surface area (Å²) in [6, 6.07) is 15.0. The molecule has 1 unspecified atom stereocenters. The van der Waals surface area contributed by atoms with Gasteiger partial charge in [0.2, 0.25) is 5.91 Å². The molecule has 3 aromatic rings. The lowest BCUT2D eigenvalue weighted by molar-refractivity contribution is -0.133. The first kappa shape index (κ1) is 25.7. The number of carbonyl (C=O) groups excluding carboxylic acids is 1. The molecule has 182 valence electrons. The lowest BCUT2D eigenvalue weighted by Crippen LogP contribution is -2.38. The monoisotopic (exact) mass is 461 g/mol. The Labute approximate surface area is 203 Å². The number of unbranched alkanes of at least 4 members (excludes halogenated alkanes) is 3. The number of aromatic nitrogens is 2. The van der Waals surface area contributed by atoms with Crippen LogP contribution in [0.5, 0.6) is 0 Å². The second kappa shape index (κ2) is 12.0. The van der Waals surface area contributed by atoms with Crippen LogP contribution in [0.3, 0.4) is 0 Å². The Morgan fingerprint density at radius 3 is 2.50 bits per heavy atom. The van der Waals surface area contributed by atoms with E-state index in [1.807, 2.05) is 67.3 Å². The number of rotatable bonds is 11. The Hall–Kier alpha value is -2.95. The first-order valence-electron chi connectivity index (χ1n) is 12.7. The van der Waals surface area contributed by atoms with Crippen LogP contribution in [0, 0.1) is 12.8 Å². The number of hydrogen-bond acceptors (Lipinski definition) is 3. The van der Waals surface area contributed by atoms with Gasteiger partial charge in [0.15, 0.2) is 0 Å². The van der Waals surface area contributed by atoms with Crippen molar-refractivity contribution in [2.24, 2.45) is 5.92 Å². The van der Waals surface area contributed by atoms with E-state index < -0.39 is 0 Å². The van der Waals surface area contributed by atoms with Gasteiger partial charge in [0.1, 0.15) is 5.82 Å². The number of amides is 1. The Balaban J connectivity index is 2.09. The van der Waals surface area contributed by atoms with Gasteiger partial charge in [0, 0.05) is 13.0 Å². The molecule has 34 heavy (non-hydrogen) atoms. The molecule has 5 nitrogen and oxygen atoms in total. The molecule has 0 fully saturated rings. The second-order valence-corrected chi connectivity index (χ2v) is 9.72. The van der Waals surface area contributed by atoms with Gasteiger partial charge in [0.25, 0.3) is 5.56 Å². The first-order chi connectivity index (χ1) is 16.3. The fraction of sp³-hybridized carbons (Fsp3) is 0.483. The lowest BCUT2D eigenvalue weighted by atomic mass is 10.1. The Bertz CT molecular complexity index is 1170. The highest BCUT2D eigenvalue weighted by Crippen LogP contribution is 2.25. The standard InChI is InChI=1S/C29H39N3O2/c1-6-7-8-9-17-27(33)31(19-18-21(2)3)23(5)28-30-26-16-11-10-15-25(26)29(34)32(28)24-14-12-13-22(4)20-24/h10-16,20-21,23H,6-9,17-19H2,1-5H3. The summed E-state index contributed by atoms with van der Waals surface area (Å²) in [6.45, 7) is 11.2. The Kier molecular flexibility index (Phi) is 9.03. The highest BCUT2D eigenvalue weighted by atomic mass is 16.2. The number of para-hydroxylation sites is 1. The molecule has 1 atom stereocenters. The third-order valence-electron chi connectivity index (χ3n) is 6.41. The quantitative estimate of drug-likeness (QED) is 0.302. The van der Waals surface area contributed by atoms with E-state index in [1.54, 1.807) is 4.57 Å².